The topological polar surface area (TPSA) is 39.3 Å². The molecule has 2 aromatic rings. The molecule has 0 bridgehead atoms. The number of H-pyrrole nitrogens is 1. The maximum atomic E-state index is 13.0. The summed E-state index contributed by atoms with van der Waals surface area (Å²) < 4.78 is 0. The number of aromatic nitrogens is 1. The van der Waals surface area contributed by atoms with Crippen LogP contribution in [0.1, 0.15) is 43.5 Å². The minimum atomic E-state index is -0.180. The Morgan fingerprint density at radius 2 is 2.20 bits per heavy atom. The zero-order valence-corrected chi connectivity index (χ0v) is 15.3. The Bertz CT molecular complexity index is 856. The molecule has 1 fully saturated rings. The number of unbranched alkanes of at least 4 members (excludes halogenated alkanes) is 1. The first-order chi connectivity index (χ1) is 12.2. The Hall–Kier alpha value is -2.14. The van der Waals surface area contributed by atoms with Crippen LogP contribution in [-0.2, 0) is 11.2 Å². The van der Waals surface area contributed by atoms with Crippen LogP contribution in [0.5, 0.6) is 0 Å². The smallest absolute Gasteiger partial charge is 0.252 e. The number of nitrogens with zero attached hydrogens (tertiary/aromatic N) is 2. The van der Waals surface area contributed by atoms with Gasteiger partial charge in [0.05, 0.1) is 6.04 Å². The van der Waals surface area contributed by atoms with Crippen LogP contribution in [0.15, 0.2) is 36.9 Å². The van der Waals surface area contributed by atoms with Crippen molar-refractivity contribution in [2.45, 2.75) is 44.7 Å². The number of hydrogen-bond acceptors (Lipinski definition) is 2. The molecule has 0 saturated carbocycles. The van der Waals surface area contributed by atoms with E-state index in [1.807, 2.05) is 6.07 Å². The molecule has 2 aliphatic rings. The van der Waals surface area contributed by atoms with Crippen LogP contribution in [0.25, 0.3) is 10.9 Å². The number of para-hydroxylation sites is 1. The van der Waals surface area contributed by atoms with E-state index in [1.165, 1.54) is 16.6 Å². The SMILES string of the molecule is C=CCN1C(=O)[C@H]2Cc3c([nH]c4ccccc34)[C@H](CCCC)N2C1=S. The van der Waals surface area contributed by atoms with Crippen molar-refractivity contribution >= 4 is 34.1 Å². The van der Waals surface area contributed by atoms with E-state index in [0.29, 0.717) is 18.1 Å². The molecule has 1 aromatic carbocycles. The maximum Gasteiger partial charge on any atom is 0.252 e. The summed E-state index contributed by atoms with van der Waals surface area (Å²) in [6.45, 7) is 6.46. The molecule has 130 valence electrons. The molecule has 0 unspecified atom stereocenters. The van der Waals surface area contributed by atoms with Crippen LogP contribution in [0.4, 0.5) is 0 Å². The molecule has 0 spiro atoms. The Labute approximate surface area is 153 Å². The van der Waals surface area contributed by atoms with Gasteiger partial charge in [-0.2, -0.15) is 0 Å². The third-order valence-corrected chi connectivity index (χ3v) is 5.83. The number of nitrogens with one attached hydrogen (secondary N) is 1. The number of benzene rings is 1. The lowest BCUT2D eigenvalue weighted by molar-refractivity contribution is -0.128. The molecular formula is C20H23N3OS. The first-order valence-electron chi connectivity index (χ1n) is 9.01. The average Bonchev–Trinajstić information content (AvgIpc) is 3.11. The molecule has 2 atom stereocenters. The standard InChI is InChI=1S/C20H23N3OS/c1-3-5-10-16-18-14(13-8-6-7-9-15(13)21-18)12-17-19(24)22(11-4-2)20(25)23(16)17/h4,6-9,16-17,21H,2-3,5,10-12H2,1H3/t16-,17+/m0/s1. The number of carbonyl (C=O) groups is 1. The van der Waals surface area contributed by atoms with Gasteiger partial charge in [0.25, 0.3) is 5.91 Å². The molecule has 2 aliphatic heterocycles. The van der Waals surface area contributed by atoms with Gasteiger partial charge in [-0.15, -0.1) is 6.58 Å². The number of amides is 1. The summed E-state index contributed by atoms with van der Waals surface area (Å²) in [5.74, 6) is 0.113. The van der Waals surface area contributed by atoms with Gasteiger partial charge < -0.3 is 9.88 Å². The average molecular weight is 353 g/mol. The van der Waals surface area contributed by atoms with E-state index >= 15 is 0 Å². The van der Waals surface area contributed by atoms with E-state index in [4.69, 9.17) is 12.2 Å². The fraction of sp³-hybridized carbons (Fsp3) is 0.400. The van der Waals surface area contributed by atoms with Gasteiger partial charge in [-0.25, -0.2) is 0 Å². The lowest BCUT2D eigenvalue weighted by Crippen LogP contribution is -2.43. The summed E-state index contributed by atoms with van der Waals surface area (Å²) in [6.07, 6.45) is 5.71. The summed E-state index contributed by atoms with van der Waals surface area (Å²) in [7, 11) is 0. The summed E-state index contributed by atoms with van der Waals surface area (Å²) in [5.41, 5.74) is 3.67. The van der Waals surface area contributed by atoms with Crippen LogP contribution < -0.4 is 0 Å². The Morgan fingerprint density at radius 1 is 1.40 bits per heavy atom. The highest BCUT2D eigenvalue weighted by Crippen LogP contribution is 2.42. The van der Waals surface area contributed by atoms with Gasteiger partial charge in [0.2, 0.25) is 0 Å². The van der Waals surface area contributed by atoms with Gasteiger partial charge in [-0.05, 0) is 30.3 Å². The first kappa shape index (κ1) is 16.3. The van der Waals surface area contributed by atoms with Crippen LogP contribution in [0.2, 0.25) is 0 Å². The largest absolute Gasteiger partial charge is 0.356 e. The Kier molecular flexibility index (Phi) is 4.12. The van der Waals surface area contributed by atoms with Crippen molar-refractivity contribution in [1.82, 2.24) is 14.8 Å². The van der Waals surface area contributed by atoms with Crippen molar-refractivity contribution in [3.63, 3.8) is 0 Å². The second-order valence-corrected chi connectivity index (χ2v) is 7.23. The van der Waals surface area contributed by atoms with Crippen molar-refractivity contribution in [1.29, 1.82) is 0 Å². The predicted octanol–water partition coefficient (Wildman–Crippen LogP) is 3.94. The van der Waals surface area contributed by atoms with Crippen molar-refractivity contribution in [3.05, 3.63) is 48.2 Å². The molecule has 3 heterocycles. The van der Waals surface area contributed by atoms with Crippen LogP contribution >= 0.6 is 12.2 Å². The van der Waals surface area contributed by atoms with Crippen LogP contribution in [0.3, 0.4) is 0 Å². The lowest BCUT2D eigenvalue weighted by Gasteiger charge is -2.37. The van der Waals surface area contributed by atoms with Gasteiger partial charge in [-0.1, -0.05) is 44.0 Å². The minimum absolute atomic E-state index is 0.113. The molecule has 1 aromatic heterocycles. The van der Waals surface area contributed by atoms with E-state index in [0.717, 1.165) is 24.8 Å². The number of fused-ring (bicyclic) bond motifs is 4. The van der Waals surface area contributed by atoms with Crippen molar-refractivity contribution in [2.75, 3.05) is 6.54 Å². The Balaban J connectivity index is 1.82. The molecule has 25 heavy (non-hydrogen) atoms. The van der Waals surface area contributed by atoms with Crippen molar-refractivity contribution in [3.8, 4) is 0 Å². The molecule has 0 aliphatic carbocycles. The van der Waals surface area contributed by atoms with E-state index < -0.39 is 0 Å². The number of rotatable bonds is 5. The van der Waals surface area contributed by atoms with E-state index in [2.05, 4.69) is 41.6 Å². The van der Waals surface area contributed by atoms with Gasteiger partial charge in [0, 0.05) is 29.6 Å². The van der Waals surface area contributed by atoms with E-state index in [1.54, 1.807) is 11.0 Å². The second kappa shape index (κ2) is 6.30. The number of hydrogen-bond donors (Lipinski definition) is 1. The van der Waals surface area contributed by atoms with Crippen LogP contribution in [-0.4, -0.2) is 38.4 Å². The molecule has 1 saturated heterocycles. The molecule has 5 heteroatoms. The molecule has 1 N–H and O–H groups in total. The number of carbonyl (C=O) groups excluding carboxylic acids is 1. The fourth-order valence-corrected chi connectivity index (χ4v) is 4.66. The molecule has 1 amide bonds. The summed E-state index contributed by atoms with van der Waals surface area (Å²) >= 11 is 5.69. The zero-order valence-electron chi connectivity index (χ0n) is 14.5. The summed E-state index contributed by atoms with van der Waals surface area (Å²) in [5, 5.41) is 1.89. The van der Waals surface area contributed by atoms with Crippen molar-refractivity contribution < 1.29 is 4.79 Å². The molecule has 0 radical (unpaired) electrons. The highest BCUT2D eigenvalue weighted by molar-refractivity contribution is 7.80. The summed E-state index contributed by atoms with van der Waals surface area (Å²) in [6, 6.07) is 8.34. The molecule has 4 nitrogen and oxygen atoms in total. The highest BCUT2D eigenvalue weighted by atomic mass is 32.1. The van der Waals surface area contributed by atoms with Gasteiger partial charge >= 0.3 is 0 Å². The predicted molar refractivity (Wildman–Crippen MR) is 104 cm³/mol. The maximum absolute atomic E-state index is 13.0. The van der Waals surface area contributed by atoms with Gasteiger partial charge in [-0.3, -0.25) is 9.69 Å². The van der Waals surface area contributed by atoms with E-state index in [9.17, 15) is 4.79 Å². The number of aromatic amines is 1. The minimum Gasteiger partial charge on any atom is -0.356 e. The Morgan fingerprint density at radius 3 is 2.96 bits per heavy atom. The lowest BCUT2D eigenvalue weighted by atomic mass is 9.90. The molecule has 4 rings (SSSR count). The third-order valence-electron chi connectivity index (χ3n) is 5.39. The third kappa shape index (κ3) is 2.41. The van der Waals surface area contributed by atoms with Crippen molar-refractivity contribution in [2.24, 2.45) is 0 Å². The monoisotopic (exact) mass is 353 g/mol. The molecular weight excluding hydrogens is 330 g/mol. The number of thiocarbonyl (C=S) groups is 1. The fourth-order valence-electron chi connectivity index (χ4n) is 4.24. The van der Waals surface area contributed by atoms with Gasteiger partial charge in [0.1, 0.15) is 6.04 Å². The zero-order chi connectivity index (χ0) is 17.6. The van der Waals surface area contributed by atoms with Gasteiger partial charge in [0.15, 0.2) is 5.11 Å². The summed E-state index contributed by atoms with van der Waals surface area (Å²) in [4.78, 5) is 20.5. The first-order valence-corrected chi connectivity index (χ1v) is 9.42. The normalized spacial score (nSPS) is 22.4. The van der Waals surface area contributed by atoms with Crippen LogP contribution in [0, 0.1) is 0 Å². The quantitative estimate of drug-likeness (QED) is 0.654. The highest BCUT2D eigenvalue weighted by Gasteiger charge is 2.49. The second-order valence-electron chi connectivity index (χ2n) is 6.87. The van der Waals surface area contributed by atoms with E-state index in [-0.39, 0.29) is 18.0 Å².